The van der Waals surface area contributed by atoms with Crippen LogP contribution in [0.3, 0.4) is 0 Å². The van der Waals surface area contributed by atoms with Gasteiger partial charge in [0.1, 0.15) is 23.9 Å². The lowest BCUT2D eigenvalue weighted by molar-refractivity contribution is 0.0520. The molecule has 0 unspecified atom stereocenters. The number of hydrogen-bond acceptors (Lipinski definition) is 8. The van der Waals surface area contributed by atoms with Crippen molar-refractivity contribution in [3.63, 3.8) is 0 Å². The number of anilines is 1. The minimum absolute atomic E-state index is 0.0300. The van der Waals surface area contributed by atoms with E-state index in [1.54, 1.807) is 38.3 Å². The fourth-order valence-electron chi connectivity index (χ4n) is 1.74. The van der Waals surface area contributed by atoms with Crippen LogP contribution in [0.4, 0.5) is 5.13 Å². The lowest BCUT2D eigenvalue weighted by Crippen LogP contribution is -2.21. The highest BCUT2D eigenvalue weighted by Crippen LogP contribution is 2.19. The normalized spacial score (nSPS) is 11.0. The monoisotopic (exact) mass is 386 g/mol. The first kappa shape index (κ1) is 19.0. The molecule has 2 rings (SSSR count). The number of ether oxygens (including phenoxy) is 3. The molecule has 1 aromatic heterocycles. The van der Waals surface area contributed by atoms with Gasteiger partial charge in [0.25, 0.3) is 0 Å². The Morgan fingerprint density at radius 2 is 1.92 bits per heavy atom. The van der Waals surface area contributed by atoms with E-state index in [0.29, 0.717) is 11.5 Å². The van der Waals surface area contributed by atoms with Crippen molar-refractivity contribution in [2.75, 3.05) is 30.8 Å². The number of sulfonamides is 1. The Kier molecular flexibility index (Phi) is 6.59. The van der Waals surface area contributed by atoms with Gasteiger partial charge in [0.05, 0.1) is 13.7 Å². The third-order valence-electron chi connectivity index (χ3n) is 2.91. The second kappa shape index (κ2) is 8.67. The summed E-state index contributed by atoms with van der Waals surface area (Å²) in [5.74, 6) is 0.373. The molecule has 0 bridgehead atoms. The van der Waals surface area contributed by atoms with Gasteiger partial charge in [-0.1, -0.05) is 0 Å². The van der Waals surface area contributed by atoms with Crippen molar-refractivity contribution in [3.8, 4) is 11.5 Å². The molecular weight excluding hydrogens is 368 g/mol. The van der Waals surface area contributed by atoms with E-state index in [9.17, 15) is 13.2 Å². The Labute approximate surface area is 149 Å². The summed E-state index contributed by atoms with van der Waals surface area (Å²) in [6, 6.07) is 6.81. The molecule has 1 aromatic carbocycles. The molecule has 0 amide bonds. The first-order valence-electron chi connectivity index (χ1n) is 7.33. The molecule has 0 spiro atoms. The molecule has 136 valence electrons. The summed E-state index contributed by atoms with van der Waals surface area (Å²) in [4.78, 5) is 15.4. The lowest BCUT2D eigenvalue weighted by atomic mass is 10.3. The van der Waals surface area contributed by atoms with Crippen LogP contribution in [-0.4, -0.2) is 45.4 Å². The van der Waals surface area contributed by atoms with E-state index in [4.69, 9.17) is 14.2 Å². The molecular formula is C15H18N2O6S2. The quantitative estimate of drug-likeness (QED) is 0.659. The number of rotatable bonds is 9. The maximum Gasteiger partial charge on any atom is 0.357 e. The van der Waals surface area contributed by atoms with Gasteiger partial charge in [0, 0.05) is 5.38 Å². The predicted molar refractivity (Wildman–Crippen MR) is 94.0 cm³/mol. The number of carbonyl (C=O) groups is 1. The molecule has 25 heavy (non-hydrogen) atoms. The summed E-state index contributed by atoms with van der Waals surface area (Å²) in [5.41, 5.74) is 0.0685. The summed E-state index contributed by atoms with van der Waals surface area (Å²) < 4.78 is 41.6. The first-order chi connectivity index (χ1) is 11.9. The van der Waals surface area contributed by atoms with E-state index in [-0.39, 0.29) is 29.8 Å². The highest BCUT2D eigenvalue weighted by molar-refractivity contribution is 7.92. The number of nitrogens with one attached hydrogen (secondary N) is 1. The smallest absolute Gasteiger partial charge is 0.357 e. The molecule has 0 fully saturated rings. The zero-order valence-corrected chi connectivity index (χ0v) is 15.4. The van der Waals surface area contributed by atoms with Crippen molar-refractivity contribution in [2.45, 2.75) is 6.92 Å². The van der Waals surface area contributed by atoms with Gasteiger partial charge in [-0.25, -0.2) is 18.2 Å². The van der Waals surface area contributed by atoms with Gasteiger partial charge in [-0.05, 0) is 31.2 Å². The highest BCUT2D eigenvalue weighted by atomic mass is 32.2. The van der Waals surface area contributed by atoms with E-state index < -0.39 is 16.0 Å². The number of thiazole rings is 1. The molecule has 8 nitrogen and oxygen atoms in total. The van der Waals surface area contributed by atoms with E-state index in [2.05, 4.69) is 9.71 Å². The second-order valence-electron chi connectivity index (χ2n) is 4.70. The van der Waals surface area contributed by atoms with E-state index >= 15 is 0 Å². The van der Waals surface area contributed by atoms with Crippen molar-refractivity contribution in [3.05, 3.63) is 35.3 Å². The summed E-state index contributed by atoms with van der Waals surface area (Å²) in [7, 11) is -2.09. The number of nitrogens with zero attached hydrogens (tertiary/aromatic N) is 1. The molecule has 0 radical (unpaired) electrons. The van der Waals surface area contributed by atoms with E-state index in [1.807, 2.05) is 0 Å². The Bertz CT molecular complexity index is 802. The third-order valence-corrected chi connectivity index (χ3v) is 5.01. The summed E-state index contributed by atoms with van der Waals surface area (Å²) in [6.07, 6.45) is 0. The minimum atomic E-state index is -3.65. The Morgan fingerprint density at radius 1 is 1.24 bits per heavy atom. The Morgan fingerprint density at radius 3 is 2.56 bits per heavy atom. The van der Waals surface area contributed by atoms with Crippen molar-refractivity contribution < 1.29 is 27.4 Å². The summed E-state index contributed by atoms with van der Waals surface area (Å²) in [6.45, 7) is 1.87. The zero-order valence-electron chi connectivity index (χ0n) is 13.7. The average Bonchev–Trinajstić information content (AvgIpc) is 3.03. The molecule has 0 saturated carbocycles. The highest BCUT2D eigenvalue weighted by Gasteiger charge is 2.16. The molecule has 0 aliphatic rings. The third kappa shape index (κ3) is 5.91. The van der Waals surface area contributed by atoms with Gasteiger partial charge in [-0.3, -0.25) is 4.72 Å². The molecule has 10 heteroatoms. The van der Waals surface area contributed by atoms with Crippen LogP contribution in [-0.2, 0) is 14.8 Å². The maximum atomic E-state index is 12.0. The molecule has 0 saturated heterocycles. The van der Waals surface area contributed by atoms with Crippen LogP contribution in [0.2, 0.25) is 0 Å². The fourth-order valence-corrected chi connectivity index (χ4v) is 3.56. The van der Waals surface area contributed by atoms with Gasteiger partial charge in [0.2, 0.25) is 10.0 Å². The van der Waals surface area contributed by atoms with E-state index in [0.717, 1.165) is 11.3 Å². The van der Waals surface area contributed by atoms with Gasteiger partial charge in [-0.2, -0.15) is 0 Å². The van der Waals surface area contributed by atoms with Crippen molar-refractivity contribution in [1.29, 1.82) is 0 Å². The zero-order chi connectivity index (χ0) is 18.3. The predicted octanol–water partition coefficient (Wildman–Crippen LogP) is 2.15. The summed E-state index contributed by atoms with van der Waals surface area (Å²) in [5, 5.41) is 1.54. The van der Waals surface area contributed by atoms with Crippen LogP contribution in [0.15, 0.2) is 29.6 Å². The van der Waals surface area contributed by atoms with Crippen LogP contribution >= 0.6 is 11.3 Å². The number of benzene rings is 1. The molecule has 2 aromatic rings. The molecule has 0 aliphatic heterocycles. The number of carbonyl (C=O) groups excluding carboxylic acids is 1. The number of methoxy groups -OCH3 is 1. The van der Waals surface area contributed by atoms with E-state index in [1.165, 1.54) is 5.38 Å². The van der Waals surface area contributed by atoms with Crippen LogP contribution in [0.1, 0.15) is 17.4 Å². The Balaban J connectivity index is 1.85. The van der Waals surface area contributed by atoms with Crippen LogP contribution in [0, 0.1) is 0 Å². The first-order valence-corrected chi connectivity index (χ1v) is 9.86. The lowest BCUT2D eigenvalue weighted by Gasteiger charge is -2.08. The SMILES string of the molecule is CCOC(=O)c1csc(NS(=O)(=O)CCOc2ccc(OC)cc2)n1. The van der Waals surface area contributed by atoms with Crippen molar-refractivity contribution in [2.24, 2.45) is 0 Å². The van der Waals surface area contributed by atoms with Crippen LogP contribution in [0.25, 0.3) is 0 Å². The van der Waals surface area contributed by atoms with Gasteiger partial charge in [-0.15, -0.1) is 11.3 Å². The van der Waals surface area contributed by atoms with Gasteiger partial charge in [0.15, 0.2) is 10.8 Å². The largest absolute Gasteiger partial charge is 0.497 e. The van der Waals surface area contributed by atoms with Gasteiger partial charge < -0.3 is 14.2 Å². The maximum absolute atomic E-state index is 12.0. The Hall–Kier alpha value is -2.33. The molecule has 1 heterocycles. The van der Waals surface area contributed by atoms with Crippen LogP contribution in [0.5, 0.6) is 11.5 Å². The number of aromatic nitrogens is 1. The minimum Gasteiger partial charge on any atom is -0.497 e. The fraction of sp³-hybridized carbons (Fsp3) is 0.333. The number of hydrogen-bond donors (Lipinski definition) is 1. The van der Waals surface area contributed by atoms with Crippen molar-refractivity contribution >= 4 is 32.5 Å². The molecule has 0 atom stereocenters. The topological polar surface area (TPSA) is 104 Å². The molecule has 0 aliphatic carbocycles. The molecule has 1 N–H and O–H groups in total. The van der Waals surface area contributed by atoms with Gasteiger partial charge >= 0.3 is 5.97 Å². The average molecular weight is 386 g/mol. The van der Waals surface area contributed by atoms with Crippen molar-refractivity contribution in [1.82, 2.24) is 4.98 Å². The van der Waals surface area contributed by atoms with Crippen LogP contribution < -0.4 is 14.2 Å². The second-order valence-corrected chi connectivity index (χ2v) is 7.40. The number of esters is 1. The summed E-state index contributed by atoms with van der Waals surface area (Å²) >= 11 is 1.01. The standard InChI is InChI=1S/C15H18N2O6S2/c1-3-22-14(18)13-10-24-15(16-13)17-25(19,20)9-8-23-12-6-4-11(21-2)5-7-12/h4-7,10H,3,8-9H2,1-2H3,(H,16,17).